The summed E-state index contributed by atoms with van der Waals surface area (Å²) in [6.07, 6.45) is 2.07. The Bertz CT molecular complexity index is 1010. The number of carbonyl (C=O) groups is 1. The molecule has 0 saturated carbocycles. The number of carbonyl (C=O) groups excluding carboxylic acids is 1. The molecule has 2 rings (SSSR count). The fraction of sp³-hybridized carbons (Fsp3) is 0.480. The van der Waals surface area contributed by atoms with E-state index in [1.807, 2.05) is 58.0 Å². The van der Waals surface area contributed by atoms with Crippen LogP contribution in [0.2, 0.25) is 0 Å². The van der Waals surface area contributed by atoms with Crippen LogP contribution in [-0.2, 0) is 16.6 Å². The van der Waals surface area contributed by atoms with Gasteiger partial charge in [-0.05, 0) is 68.4 Å². The highest BCUT2D eigenvalue weighted by molar-refractivity contribution is 7.92. The first-order chi connectivity index (χ1) is 14.1. The number of hydrogen-bond donors (Lipinski definition) is 1. The molecule has 5 nitrogen and oxygen atoms in total. The van der Waals surface area contributed by atoms with E-state index in [1.54, 1.807) is 12.1 Å². The Labute approximate surface area is 187 Å². The minimum absolute atomic E-state index is 0.101. The van der Waals surface area contributed by atoms with Crippen LogP contribution in [0.4, 0.5) is 5.69 Å². The maximum Gasteiger partial charge on any atom is 0.251 e. The SMILES string of the molecule is Cc1cccc(C)c1N(Cc1ccc(C(=O)NC(C)(C)CC(C)(C)C)cc1)S(C)(=O)=O. The van der Waals surface area contributed by atoms with Crippen LogP contribution in [0.15, 0.2) is 42.5 Å². The lowest BCUT2D eigenvalue weighted by atomic mass is 9.81. The molecule has 0 atom stereocenters. The van der Waals surface area contributed by atoms with Crippen molar-refractivity contribution in [3.05, 3.63) is 64.7 Å². The average molecular weight is 445 g/mol. The molecule has 1 N–H and O–H groups in total. The summed E-state index contributed by atoms with van der Waals surface area (Å²) in [5, 5.41) is 3.11. The second-order valence-corrected chi connectivity index (χ2v) is 12.2. The Hall–Kier alpha value is -2.34. The van der Waals surface area contributed by atoms with Gasteiger partial charge in [0.1, 0.15) is 0 Å². The molecule has 0 aliphatic rings. The van der Waals surface area contributed by atoms with Crippen molar-refractivity contribution >= 4 is 21.6 Å². The molecule has 0 heterocycles. The fourth-order valence-electron chi connectivity index (χ4n) is 4.24. The first kappa shape index (κ1) is 24.9. The molecule has 2 aromatic carbocycles. The quantitative estimate of drug-likeness (QED) is 0.637. The highest BCUT2D eigenvalue weighted by Crippen LogP contribution is 2.29. The molecule has 0 aliphatic carbocycles. The Morgan fingerprint density at radius 2 is 1.45 bits per heavy atom. The molecule has 2 aromatic rings. The minimum Gasteiger partial charge on any atom is -0.347 e. The van der Waals surface area contributed by atoms with Crippen molar-refractivity contribution in [2.75, 3.05) is 10.6 Å². The zero-order chi connectivity index (χ0) is 23.6. The summed E-state index contributed by atoms with van der Waals surface area (Å²) in [5.74, 6) is -0.129. The van der Waals surface area contributed by atoms with Crippen LogP contribution in [0.5, 0.6) is 0 Å². The van der Waals surface area contributed by atoms with Crippen LogP contribution in [-0.4, -0.2) is 26.1 Å². The summed E-state index contributed by atoms with van der Waals surface area (Å²) in [4.78, 5) is 12.7. The van der Waals surface area contributed by atoms with Crippen LogP contribution in [0, 0.1) is 19.3 Å². The average Bonchev–Trinajstić information content (AvgIpc) is 2.57. The van der Waals surface area contributed by atoms with Crippen molar-refractivity contribution in [1.29, 1.82) is 0 Å². The van der Waals surface area contributed by atoms with Crippen LogP contribution in [0.3, 0.4) is 0 Å². The molecule has 6 heteroatoms. The van der Waals surface area contributed by atoms with Gasteiger partial charge in [0.2, 0.25) is 10.0 Å². The molecule has 0 fully saturated rings. The van der Waals surface area contributed by atoms with Gasteiger partial charge >= 0.3 is 0 Å². The summed E-state index contributed by atoms with van der Waals surface area (Å²) in [5.41, 5.74) is 3.66. The Morgan fingerprint density at radius 3 is 1.90 bits per heavy atom. The van der Waals surface area contributed by atoms with Crippen molar-refractivity contribution < 1.29 is 13.2 Å². The fourth-order valence-corrected chi connectivity index (χ4v) is 5.24. The van der Waals surface area contributed by atoms with Crippen LogP contribution in [0.25, 0.3) is 0 Å². The standard InChI is InChI=1S/C25H36N2O3S/c1-18-10-9-11-19(2)22(18)27(31(8,29)30)16-20-12-14-21(15-13-20)23(28)26-25(6,7)17-24(3,4)5/h9-15H,16-17H2,1-8H3,(H,26,28). The second kappa shape index (κ2) is 9.03. The number of hydrogen-bond acceptors (Lipinski definition) is 3. The monoisotopic (exact) mass is 444 g/mol. The lowest BCUT2D eigenvalue weighted by Gasteiger charge is -2.33. The molecule has 0 bridgehead atoms. The van der Waals surface area contributed by atoms with Crippen LogP contribution in [0.1, 0.15) is 68.1 Å². The number of para-hydroxylation sites is 1. The van der Waals surface area contributed by atoms with Crippen molar-refractivity contribution in [1.82, 2.24) is 5.32 Å². The van der Waals surface area contributed by atoms with E-state index < -0.39 is 10.0 Å². The first-order valence-corrected chi connectivity index (χ1v) is 12.4. The summed E-state index contributed by atoms with van der Waals surface area (Å²) >= 11 is 0. The predicted octanol–water partition coefficient (Wildman–Crippen LogP) is 5.21. The maximum atomic E-state index is 12.7. The number of benzene rings is 2. The van der Waals surface area contributed by atoms with Crippen molar-refractivity contribution in [3.63, 3.8) is 0 Å². The normalized spacial score (nSPS) is 12.5. The molecular weight excluding hydrogens is 408 g/mol. The van der Waals surface area contributed by atoms with E-state index in [0.717, 1.165) is 23.1 Å². The maximum absolute atomic E-state index is 12.7. The molecule has 0 aromatic heterocycles. The van der Waals surface area contributed by atoms with Gasteiger partial charge in [-0.25, -0.2) is 8.42 Å². The number of rotatable bonds is 7. The molecule has 0 spiro atoms. The summed E-state index contributed by atoms with van der Waals surface area (Å²) in [6, 6.07) is 12.9. The zero-order valence-corrected chi connectivity index (χ0v) is 20.9. The van der Waals surface area contributed by atoms with Gasteiger partial charge in [-0.2, -0.15) is 0 Å². The lowest BCUT2D eigenvalue weighted by molar-refractivity contribution is 0.0891. The molecule has 0 radical (unpaired) electrons. The minimum atomic E-state index is -3.47. The molecule has 170 valence electrons. The zero-order valence-electron chi connectivity index (χ0n) is 20.0. The second-order valence-electron chi connectivity index (χ2n) is 10.3. The predicted molar refractivity (Wildman–Crippen MR) is 129 cm³/mol. The topological polar surface area (TPSA) is 66.5 Å². The van der Waals surface area contributed by atoms with Gasteiger partial charge in [0.05, 0.1) is 18.5 Å². The molecular formula is C25H36N2O3S. The number of nitrogens with zero attached hydrogens (tertiary/aromatic N) is 1. The first-order valence-electron chi connectivity index (χ1n) is 10.5. The Kier molecular flexibility index (Phi) is 7.26. The van der Waals surface area contributed by atoms with E-state index in [9.17, 15) is 13.2 Å². The third-order valence-corrected chi connectivity index (χ3v) is 6.17. The number of aryl methyl sites for hydroxylation is 2. The highest BCUT2D eigenvalue weighted by Gasteiger charge is 2.27. The van der Waals surface area contributed by atoms with Gasteiger partial charge in [0.25, 0.3) is 5.91 Å². The van der Waals surface area contributed by atoms with Crippen molar-refractivity contribution in [2.45, 2.75) is 67.0 Å². The van der Waals surface area contributed by atoms with Crippen LogP contribution >= 0.6 is 0 Å². The van der Waals surface area contributed by atoms with E-state index in [-0.39, 0.29) is 23.4 Å². The summed E-state index contributed by atoms with van der Waals surface area (Å²) in [7, 11) is -3.47. The number of amides is 1. The summed E-state index contributed by atoms with van der Waals surface area (Å²) in [6.45, 7) is 14.5. The molecule has 0 saturated heterocycles. The molecule has 0 aliphatic heterocycles. The van der Waals surface area contributed by atoms with Gasteiger partial charge in [0, 0.05) is 11.1 Å². The van der Waals surface area contributed by atoms with Gasteiger partial charge in [0.15, 0.2) is 0 Å². The van der Waals surface area contributed by atoms with Gasteiger partial charge < -0.3 is 5.32 Å². The van der Waals surface area contributed by atoms with Crippen molar-refractivity contribution in [2.24, 2.45) is 5.41 Å². The summed E-state index contributed by atoms with van der Waals surface area (Å²) < 4.78 is 26.5. The van der Waals surface area contributed by atoms with Gasteiger partial charge in [-0.3, -0.25) is 9.10 Å². The third kappa shape index (κ3) is 7.10. The van der Waals surface area contributed by atoms with Gasteiger partial charge in [-0.1, -0.05) is 51.1 Å². The van der Waals surface area contributed by atoms with E-state index in [4.69, 9.17) is 0 Å². The molecule has 1 amide bonds. The number of anilines is 1. The smallest absolute Gasteiger partial charge is 0.251 e. The molecule has 0 unspecified atom stereocenters. The Morgan fingerprint density at radius 1 is 0.935 bits per heavy atom. The van der Waals surface area contributed by atoms with Crippen molar-refractivity contribution in [3.8, 4) is 0 Å². The van der Waals surface area contributed by atoms with Crippen LogP contribution < -0.4 is 9.62 Å². The third-order valence-electron chi connectivity index (χ3n) is 5.06. The van der Waals surface area contributed by atoms with Gasteiger partial charge in [-0.15, -0.1) is 0 Å². The lowest BCUT2D eigenvalue weighted by Crippen LogP contribution is -2.45. The van der Waals surface area contributed by atoms with E-state index in [1.165, 1.54) is 10.6 Å². The Balaban J connectivity index is 2.23. The van der Waals surface area contributed by atoms with E-state index in [2.05, 4.69) is 26.1 Å². The molecule has 31 heavy (non-hydrogen) atoms. The van der Waals surface area contributed by atoms with E-state index >= 15 is 0 Å². The number of nitrogens with one attached hydrogen (secondary N) is 1. The van der Waals surface area contributed by atoms with E-state index in [0.29, 0.717) is 11.3 Å². The highest BCUT2D eigenvalue weighted by atomic mass is 32.2. The number of sulfonamides is 1. The largest absolute Gasteiger partial charge is 0.347 e.